The van der Waals surface area contributed by atoms with Gasteiger partial charge in [-0.3, -0.25) is 0 Å². The summed E-state index contributed by atoms with van der Waals surface area (Å²) in [5, 5.41) is 23.3. The molecule has 3 nitrogen and oxygen atoms in total. The van der Waals surface area contributed by atoms with Crippen molar-refractivity contribution >= 4 is 0 Å². The van der Waals surface area contributed by atoms with Gasteiger partial charge in [0.1, 0.15) is 0 Å². The Bertz CT molecular complexity index is 313. The van der Waals surface area contributed by atoms with Crippen molar-refractivity contribution in [3.8, 4) is 0 Å². The fourth-order valence-electron chi connectivity index (χ4n) is 3.71. The van der Waals surface area contributed by atoms with Crippen molar-refractivity contribution < 1.29 is 10.2 Å². The van der Waals surface area contributed by atoms with Crippen LogP contribution in [0, 0.1) is 0 Å². The second-order valence-electron chi connectivity index (χ2n) is 7.83. The lowest BCUT2D eigenvalue weighted by Gasteiger charge is -2.19. The molecule has 3 heteroatoms. The lowest BCUT2D eigenvalue weighted by Crippen LogP contribution is -2.36. The SMILES string of the molecule is CCCCCCCCCCCCCC=CC(O)CC(O)C1CCCN1. The van der Waals surface area contributed by atoms with Crippen molar-refractivity contribution in [3.05, 3.63) is 12.2 Å². The largest absolute Gasteiger partial charge is 0.391 e. The van der Waals surface area contributed by atoms with E-state index in [0.29, 0.717) is 6.42 Å². The van der Waals surface area contributed by atoms with E-state index in [1.165, 1.54) is 70.6 Å². The van der Waals surface area contributed by atoms with E-state index in [2.05, 4.69) is 18.3 Å². The van der Waals surface area contributed by atoms with Crippen LogP contribution in [0.25, 0.3) is 0 Å². The van der Waals surface area contributed by atoms with Crippen LogP contribution in [0.3, 0.4) is 0 Å². The van der Waals surface area contributed by atoms with Gasteiger partial charge < -0.3 is 15.5 Å². The number of hydrogen-bond donors (Lipinski definition) is 3. The average molecular weight is 354 g/mol. The quantitative estimate of drug-likeness (QED) is 0.267. The van der Waals surface area contributed by atoms with E-state index >= 15 is 0 Å². The van der Waals surface area contributed by atoms with Crippen molar-refractivity contribution in [1.82, 2.24) is 5.32 Å². The maximum atomic E-state index is 10.1. The molecule has 1 fully saturated rings. The Balaban J connectivity index is 1.85. The van der Waals surface area contributed by atoms with Crippen molar-refractivity contribution in [2.45, 2.75) is 121 Å². The van der Waals surface area contributed by atoms with Crippen molar-refractivity contribution in [1.29, 1.82) is 0 Å². The normalized spacial score (nSPS) is 20.4. The molecular formula is C22H43NO2. The summed E-state index contributed by atoms with van der Waals surface area (Å²) in [6.07, 6.45) is 21.7. The molecule has 3 N–H and O–H groups in total. The second-order valence-corrected chi connectivity index (χ2v) is 7.83. The van der Waals surface area contributed by atoms with Gasteiger partial charge in [0, 0.05) is 12.5 Å². The third-order valence-electron chi connectivity index (χ3n) is 5.38. The molecule has 0 aromatic carbocycles. The molecular weight excluding hydrogens is 310 g/mol. The number of aliphatic hydroxyl groups excluding tert-OH is 2. The standard InChI is InChI=1S/C22H43NO2/c1-2-3-4-5-6-7-8-9-10-11-12-13-14-16-20(24)19-22(25)21-17-15-18-23-21/h14,16,20-25H,2-13,15,17-19H2,1H3. The molecule has 0 aromatic heterocycles. The number of rotatable bonds is 16. The zero-order valence-electron chi connectivity index (χ0n) is 16.6. The van der Waals surface area contributed by atoms with Crippen molar-refractivity contribution in [3.63, 3.8) is 0 Å². The average Bonchev–Trinajstić information content (AvgIpc) is 3.13. The Hall–Kier alpha value is -0.380. The Morgan fingerprint density at radius 3 is 2.08 bits per heavy atom. The monoisotopic (exact) mass is 353 g/mol. The summed E-state index contributed by atoms with van der Waals surface area (Å²) in [5.41, 5.74) is 0. The smallest absolute Gasteiger partial charge is 0.0746 e. The minimum atomic E-state index is -0.509. The zero-order chi connectivity index (χ0) is 18.2. The molecule has 3 atom stereocenters. The van der Waals surface area contributed by atoms with E-state index in [1.54, 1.807) is 0 Å². The third-order valence-corrected chi connectivity index (χ3v) is 5.38. The molecule has 1 aliphatic rings. The van der Waals surface area contributed by atoms with Gasteiger partial charge in [-0.2, -0.15) is 0 Å². The molecule has 0 spiro atoms. The first-order valence-corrected chi connectivity index (χ1v) is 11.0. The predicted molar refractivity (Wildman–Crippen MR) is 108 cm³/mol. The molecule has 148 valence electrons. The molecule has 3 unspecified atom stereocenters. The van der Waals surface area contributed by atoms with Crippen LogP contribution in [0.5, 0.6) is 0 Å². The summed E-state index contributed by atoms with van der Waals surface area (Å²) in [4.78, 5) is 0. The lowest BCUT2D eigenvalue weighted by atomic mass is 10.0. The Labute approximate surface area is 156 Å². The van der Waals surface area contributed by atoms with Gasteiger partial charge in [-0.25, -0.2) is 0 Å². The van der Waals surface area contributed by atoms with Gasteiger partial charge in [0.15, 0.2) is 0 Å². The van der Waals surface area contributed by atoms with Crippen LogP contribution in [0.4, 0.5) is 0 Å². The lowest BCUT2D eigenvalue weighted by molar-refractivity contribution is 0.0795. The summed E-state index contributed by atoms with van der Waals surface area (Å²) >= 11 is 0. The van der Waals surface area contributed by atoms with Crippen LogP contribution >= 0.6 is 0 Å². The number of unbranched alkanes of at least 4 members (excludes halogenated alkanes) is 11. The highest BCUT2D eigenvalue weighted by Gasteiger charge is 2.23. The molecule has 0 amide bonds. The van der Waals surface area contributed by atoms with E-state index < -0.39 is 12.2 Å². The van der Waals surface area contributed by atoms with Crippen LogP contribution in [0.1, 0.15) is 103 Å². The summed E-state index contributed by atoms with van der Waals surface area (Å²) in [5.74, 6) is 0. The first-order chi connectivity index (χ1) is 12.2. The number of nitrogens with one attached hydrogen (secondary N) is 1. The van der Waals surface area contributed by atoms with E-state index in [9.17, 15) is 10.2 Å². The van der Waals surface area contributed by atoms with Crippen LogP contribution in [0.2, 0.25) is 0 Å². The predicted octanol–water partition coefficient (Wildman–Crippen LogP) is 5.11. The maximum Gasteiger partial charge on any atom is 0.0746 e. The van der Waals surface area contributed by atoms with E-state index in [1.807, 2.05) is 6.08 Å². The summed E-state index contributed by atoms with van der Waals surface area (Å²) in [7, 11) is 0. The van der Waals surface area contributed by atoms with E-state index in [0.717, 1.165) is 25.8 Å². The number of allylic oxidation sites excluding steroid dienone is 1. The molecule has 1 aliphatic heterocycles. The molecule has 0 aliphatic carbocycles. The van der Waals surface area contributed by atoms with Gasteiger partial charge >= 0.3 is 0 Å². The van der Waals surface area contributed by atoms with Gasteiger partial charge in [-0.1, -0.05) is 83.3 Å². The highest BCUT2D eigenvalue weighted by atomic mass is 16.3. The van der Waals surface area contributed by atoms with Gasteiger partial charge in [-0.15, -0.1) is 0 Å². The van der Waals surface area contributed by atoms with Gasteiger partial charge in [-0.05, 0) is 32.2 Å². The number of hydrogen-bond acceptors (Lipinski definition) is 3. The van der Waals surface area contributed by atoms with Crippen LogP contribution in [-0.4, -0.2) is 35.0 Å². The molecule has 1 rings (SSSR count). The topological polar surface area (TPSA) is 52.5 Å². The minimum Gasteiger partial charge on any atom is -0.391 e. The highest BCUT2D eigenvalue weighted by Crippen LogP contribution is 2.15. The second kappa shape index (κ2) is 15.8. The number of aliphatic hydroxyl groups is 2. The molecule has 1 saturated heterocycles. The molecule has 0 aromatic rings. The highest BCUT2D eigenvalue weighted by molar-refractivity contribution is 4.92. The Morgan fingerprint density at radius 1 is 0.920 bits per heavy atom. The molecule has 25 heavy (non-hydrogen) atoms. The van der Waals surface area contributed by atoms with Crippen LogP contribution in [-0.2, 0) is 0 Å². The first-order valence-electron chi connectivity index (χ1n) is 11.0. The fourth-order valence-corrected chi connectivity index (χ4v) is 3.71. The van der Waals surface area contributed by atoms with Crippen molar-refractivity contribution in [2.24, 2.45) is 0 Å². The summed E-state index contributed by atoms with van der Waals surface area (Å²) < 4.78 is 0. The van der Waals surface area contributed by atoms with Gasteiger partial charge in [0.2, 0.25) is 0 Å². The van der Waals surface area contributed by atoms with Crippen LogP contribution in [0.15, 0.2) is 12.2 Å². The zero-order valence-corrected chi connectivity index (χ0v) is 16.6. The minimum absolute atomic E-state index is 0.176. The fraction of sp³-hybridized carbons (Fsp3) is 0.909. The Kier molecular flexibility index (Phi) is 14.4. The Morgan fingerprint density at radius 2 is 1.52 bits per heavy atom. The van der Waals surface area contributed by atoms with Gasteiger partial charge in [0.05, 0.1) is 12.2 Å². The molecule has 0 saturated carbocycles. The summed E-state index contributed by atoms with van der Waals surface area (Å²) in [6.45, 7) is 3.26. The molecule has 1 heterocycles. The van der Waals surface area contributed by atoms with E-state index in [4.69, 9.17) is 0 Å². The maximum absolute atomic E-state index is 10.1. The van der Waals surface area contributed by atoms with E-state index in [-0.39, 0.29) is 6.04 Å². The molecule has 0 radical (unpaired) electrons. The first kappa shape index (κ1) is 22.7. The van der Waals surface area contributed by atoms with Crippen LogP contribution < -0.4 is 5.32 Å². The molecule has 0 bridgehead atoms. The van der Waals surface area contributed by atoms with Gasteiger partial charge in [0.25, 0.3) is 0 Å². The third kappa shape index (κ3) is 12.6. The van der Waals surface area contributed by atoms with Crippen molar-refractivity contribution in [2.75, 3.05) is 6.54 Å². The summed E-state index contributed by atoms with van der Waals surface area (Å²) in [6, 6.07) is 0.176.